The molecule has 0 atom stereocenters. The van der Waals surface area contributed by atoms with E-state index in [2.05, 4.69) is 22.2 Å². The molecule has 1 fully saturated rings. The van der Waals surface area contributed by atoms with Crippen LogP contribution >= 0.6 is 0 Å². The number of aromatic nitrogens is 2. The van der Waals surface area contributed by atoms with E-state index < -0.39 is 0 Å². The van der Waals surface area contributed by atoms with Gasteiger partial charge < -0.3 is 11.1 Å². The van der Waals surface area contributed by atoms with E-state index in [0.29, 0.717) is 12.0 Å². The topological polar surface area (TPSA) is 63.8 Å². The van der Waals surface area contributed by atoms with Crippen molar-refractivity contribution in [1.29, 1.82) is 0 Å². The lowest BCUT2D eigenvalue weighted by atomic mass is 9.87. The van der Waals surface area contributed by atoms with Gasteiger partial charge in [0.15, 0.2) is 0 Å². The quantitative estimate of drug-likeness (QED) is 0.803. The maximum atomic E-state index is 5.59. The van der Waals surface area contributed by atoms with Crippen LogP contribution in [-0.2, 0) is 0 Å². The van der Waals surface area contributed by atoms with Gasteiger partial charge in [0.1, 0.15) is 5.82 Å². The molecule has 0 saturated heterocycles. The predicted octanol–water partition coefficient (Wildman–Crippen LogP) is 2.36. The number of nitrogens with zero attached hydrogens (tertiary/aromatic N) is 2. The second-order valence-corrected chi connectivity index (χ2v) is 4.86. The largest absolute Gasteiger partial charge is 0.368 e. The molecule has 0 radical (unpaired) electrons. The first-order valence-electron chi connectivity index (χ1n) is 6.01. The lowest BCUT2D eigenvalue weighted by Crippen LogP contribution is -2.26. The number of aryl methyl sites for hydroxylation is 1. The van der Waals surface area contributed by atoms with Crippen LogP contribution in [0, 0.1) is 12.8 Å². The Morgan fingerprint density at radius 1 is 1.31 bits per heavy atom. The average molecular weight is 220 g/mol. The van der Waals surface area contributed by atoms with E-state index in [9.17, 15) is 0 Å². The molecule has 4 heteroatoms. The first kappa shape index (κ1) is 11.2. The van der Waals surface area contributed by atoms with Crippen molar-refractivity contribution in [3.63, 3.8) is 0 Å². The van der Waals surface area contributed by atoms with Gasteiger partial charge in [-0.25, -0.2) is 4.98 Å². The molecule has 1 aromatic rings. The van der Waals surface area contributed by atoms with Crippen molar-refractivity contribution in [3.8, 4) is 0 Å². The molecule has 16 heavy (non-hydrogen) atoms. The monoisotopic (exact) mass is 220 g/mol. The van der Waals surface area contributed by atoms with Gasteiger partial charge in [0, 0.05) is 17.8 Å². The Hall–Kier alpha value is -1.32. The molecule has 1 saturated carbocycles. The van der Waals surface area contributed by atoms with Gasteiger partial charge in [0.25, 0.3) is 0 Å². The lowest BCUT2D eigenvalue weighted by molar-refractivity contribution is 0.360. The number of anilines is 2. The van der Waals surface area contributed by atoms with Gasteiger partial charge >= 0.3 is 0 Å². The van der Waals surface area contributed by atoms with Gasteiger partial charge in [0.05, 0.1) is 0 Å². The molecule has 0 aliphatic heterocycles. The summed E-state index contributed by atoms with van der Waals surface area (Å²) in [5.41, 5.74) is 6.66. The molecule has 0 amide bonds. The van der Waals surface area contributed by atoms with Crippen molar-refractivity contribution in [2.45, 2.75) is 45.6 Å². The molecule has 4 nitrogen and oxygen atoms in total. The zero-order valence-electron chi connectivity index (χ0n) is 10.0. The summed E-state index contributed by atoms with van der Waals surface area (Å²) >= 11 is 0. The van der Waals surface area contributed by atoms with Crippen LogP contribution < -0.4 is 11.1 Å². The highest BCUT2D eigenvalue weighted by molar-refractivity contribution is 5.45. The average Bonchev–Trinajstić information content (AvgIpc) is 2.27. The molecule has 88 valence electrons. The van der Waals surface area contributed by atoms with Crippen LogP contribution in [0.5, 0.6) is 0 Å². The number of nitrogen functional groups attached to an aromatic ring is 1. The molecule has 0 spiro atoms. The summed E-state index contributed by atoms with van der Waals surface area (Å²) < 4.78 is 0. The molecule has 1 aromatic heterocycles. The smallest absolute Gasteiger partial charge is 0.221 e. The van der Waals surface area contributed by atoms with E-state index in [1.807, 2.05) is 6.92 Å². The molecular weight excluding hydrogens is 200 g/mol. The zero-order chi connectivity index (χ0) is 11.5. The summed E-state index contributed by atoms with van der Waals surface area (Å²) in [5, 5.41) is 3.48. The third-order valence-corrected chi connectivity index (χ3v) is 3.35. The number of nitrogens with one attached hydrogen (secondary N) is 1. The fraction of sp³-hybridized carbons (Fsp3) is 0.667. The Morgan fingerprint density at radius 2 is 2.00 bits per heavy atom. The number of rotatable bonds is 2. The fourth-order valence-corrected chi connectivity index (χ4v) is 2.20. The van der Waals surface area contributed by atoms with E-state index in [-0.39, 0.29) is 0 Å². The second kappa shape index (κ2) is 4.68. The Balaban J connectivity index is 2.00. The molecule has 0 aromatic carbocycles. The second-order valence-electron chi connectivity index (χ2n) is 4.86. The first-order valence-corrected chi connectivity index (χ1v) is 6.01. The highest BCUT2D eigenvalue weighted by Crippen LogP contribution is 2.26. The highest BCUT2D eigenvalue weighted by atomic mass is 15.1. The highest BCUT2D eigenvalue weighted by Gasteiger charge is 2.18. The number of hydrogen-bond acceptors (Lipinski definition) is 4. The van der Waals surface area contributed by atoms with Gasteiger partial charge in [-0.1, -0.05) is 6.92 Å². The van der Waals surface area contributed by atoms with Gasteiger partial charge in [-0.2, -0.15) is 4.98 Å². The molecular formula is C12H20N4. The molecule has 1 heterocycles. The van der Waals surface area contributed by atoms with E-state index in [4.69, 9.17) is 5.73 Å². The SMILES string of the molecule is Cc1cnc(N)nc1NC1CCC(C)CC1. The Labute approximate surface area is 96.7 Å². The minimum absolute atomic E-state index is 0.345. The van der Waals surface area contributed by atoms with Crippen LogP contribution in [0.25, 0.3) is 0 Å². The van der Waals surface area contributed by atoms with Crippen LogP contribution in [0.4, 0.5) is 11.8 Å². The van der Waals surface area contributed by atoms with E-state index >= 15 is 0 Å². The van der Waals surface area contributed by atoms with Crippen LogP contribution in [-0.4, -0.2) is 16.0 Å². The molecule has 1 aliphatic rings. The summed E-state index contributed by atoms with van der Waals surface area (Å²) in [6.07, 6.45) is 6.83. The molecule has 2 rings (SSSR count). The summed E-state index contributed by atoms with van der Waals surface area (Å²) in [4.78, 5) is 8.21. The fourth-order valence-electron chi connectivity index (χ4n) is 2.20. The summed E-state index contributed by atoms with van der Waals surface area (Å²) in [7, 11) is 0. The third-order valence-electron chi connectivity index (χ3n) is 3.35. The van der Waals surface area contributed by atoms with Gasteiger partial charge in [-0.15, -0.1) is 0 Å². The number of nitrogens with two attached hydrogens (primary N) is 1. The van der Waals surface area contributed by atoms with Crippen molar-refractivity contribution >= 4 is 11.8 Å². The van der Waals surface area contributed by atoms with E-state index in [1.54, 1.807) is 6.20 Å². The zero-order valence-corrected chi connectivity index (χ0v) is 10.0. The minimum Gasteiger partial charge on any atom is -0.368 e. The maximum absolute atomic E-state index is 5.59. The Kier molecular flexibility index (Phi) is 3.27. The molecule has 0 unspecified atom stereocenters. The van der Waals surface area contributed by atoms with Crippen molar-refractivity contribution in [1.82, 2.24) is 9.97 Å². The summed E-state index contributed by atoms with van der Waals surface area (Å²) in [6.45, 7) is 4.33. The Morgan fingerprint density at radius 3 is 2.69 bits per heavy atom. The lowest BCUT2D eigenvalue weighted by Gasteiger charge is -2.27. The third kappa shape index (κ3) is 2.62. The van der Waals surface area contributed by atoms with E-state index in [1.165, 1.54) is 25.7 Å². The van der Waals surface area contributed by atoms with Crippen LogP contribution in [0.2, 0.25) is 0 Å². The summed E-state index contributed by atoms with van der Waals surface area (Å²) in [5.74, 6) is 2.11. The van der Waals surface area contributed by atoms with Crippen molar-refractivity contribution in [3.05, 3.63) is 11.8 Å². The first-order chi connectivity index (χ1) is 7.65. The normalized spacial score (nSPS) is 25.4. The predicted molar refractivity (Wildman–Crippen MR) is 66.2 cm³/mol. The maximum Gasteiger partial charge on any atom is 0.221 e. The van der Waals surface area contributed by atoms with Crippen LogP contribution in [0.3, 0.4) is 0 Å². The van der Waals surface area contributed by atoms with Crippen LogP contribution in [0.15, 0.2) is 6.20 Å². The van der Waals surface area contributed by atoms with Crippen molar-refractivity contribution in [2.75, 3.05) is 11.1 Å². The molecule has 1 aliphatic carbocycles. The van der Waals surface area contributed by atoms with Crippen molar-refractivity contribution < 1.29 is 0 Å². The van der Waals surface area contributed by atoms with E-state index in [0.717, 1.165) is 17.3 Å². The minimum atomic E-state index is 0.345. The summed E-state index contributed by atoms with van der Waals surface area (Å²) in [6, 6.07) is 0.546. The standard InChI is InChI=1S/C12H20N4/c1-8-3-5-10(6-4-8)15-11-9(2)7-14-12(13)16-11/h7-8,10H,3-6H2,1-2H3,(H3,13,14,15,16). The van der Waals surface area contributed by atoms with Crippen LogP contribution in [0.1, 0.15) is 38.2 Å². The van der Waals surface area contributed by atoms with Gasteiger partial charge in [0.2, 0.25) is 5.95 Å². The van der Waals surface area contributed by atoms with Gasteiger partial charge in [-0.3, -0.25) is 0 Å². The molecule has 3 N–H and O–H groups in total. The van der Waals surface area contributed by atoms with Crippen molar-refractivity contribution in [2.24, 2.45) is 5.92 Å². The number of hydrogen-bond donors (Lipinski definition) is 2. The Bertz CT molecular complexity index is 356. The van der Waals surface area contributed by atoms with Gasteiger partial charge in [-0.05, 0) is 38.5 Å². The molecule has 0 bridgehead atoms.